The molecule has 1 aliphatic carbocycles. The molecule has 4 rings (SSSR count). The van der Waals surface area contributed by atoms with E-state index < -0.39 is 6.04 Å². The Morgan fingerprint density at radius 3 is 2.11 bits per heavy atom. The largest absolute Gasteiger partial charge is 0.337 e. The number of piperazine rings is 1. The first-order valence-electron chi connectivity index (χ1n) is 9.75. The zero-order valence-corrected chi connectivity index (χ0v) is 15.6. The summed E-state index contributed by atoms with van der Waals surface area (Å²) >= 11 is 0. The van der Waals surface area contributed by atoms with Crippen molar-refractivity contribution < 1.29 is 14.4 Å². The van der Waals surface area contributed by atoms with Crippen LogP contribution in [0.5, 0.6) is 0 Å². The Bertz CT molecular complexity index is 708. The average molecular weight is 371 g/mol. The Morgan fingerprint density at radius 2 is 1.56 bits per heavy atom. The van der Waals surface area contributed by atoms with Crippen LogP contribution in [-0.2, 0) is 14.4 Å². The molecular weight excluding hydrogens is 346 g/mol. The lowest BCUT2D eigenvalue weighted by molar-refractivity contribution is -0.151. The fourth-order valence-corrected chi connectivity index (χ4v) is 4.53. The van der Waals surface area contributed by atoms with Crippen LogP contribution >= 0.6 is 0 Å². The van der Waals surface area contributed by atoms with E-state index in [2.05, 4.69) is 9.97 Å². The maximum absolute atomic E-state index is 13.0. The Morgan fingerprint density at radius 1 is 1.00 bits per heavy atom. The number of amides is 3. The predicted octanol–water partition coefficient (Wildman–Crippen LogP) is 0.689. The van der Waals surface area contributed by atoms with E-state index in [4.69, 9.17) is 0 Å². The van der Waals surface area contributed by atoms with Crippen molar-refractivity contribution >= 4 is 23.7 Å². The molecule has 3 fully saturated rings. The summed E-state index contributed by atoms with van der Waals surface area (Å²) in [6, 6.07) is 1.04. The van der Waals surface area contributed by atoms with Crippen molar-refractivity contribution in [2.24, 2.45) is 11.8 Å². The summed E-state index contributed by atoms with van der Waals surface area (Å²) in [5.74, 6) is -0.221. The number of rotatable bonds is 3. The van der Waals surface area contributed by atoms with Gasteiger partial charge in [-0.05, 0) is 25.8 Å². The number of likely N-dealkylation sites (tertiary alicyclic amines) is 1. The van der Waals surface area contributed by atoms with Gasteiger partial charge in [0.15, 0.2) is 0 Å². The van der Waals surface area contributed by atoms with E-state index in [1.807, 2.05) is 4.90 Å². The quantitative estimate of drug-likeness (QED) is 0.727. The Kier molecular flexibility index (Phi) is 4.80. The Hall–Kier alpha value is -2.51. The van der Waals surface area contributed by atoms with Gasteiger partial charge in [0.1, 0.15) is 6.04 Å². The van der Waals surface area contributed by atoms with Crippen LogP contribution in [0.25, 0.3) is 0 Å². The standard InChI is InChI=1S/C19H25N5O3/c1-13(24-17(26)14-5-2-3-6-15(14)18(24)27)16(25)22-9-11-23(12-10-22)19-20-7-4-8-21-19/h4,7-8,13-15H,2-3,5-6,9-12H2,1H3/t13-,14-,15+/m1/s1. The summed E-state index contributed by atoms with van der Waals surface area (Å²) < 4.78 is 0. The van der Waals surface area contributed by atoms with Crippen molar-refractivity contribution in [2.45, 2.75) is 38.6 Å². The molecule has 0 radical (unpaired) electrons. The summed E-state index contributed by atoms with van der Waals surface area (Å²) in [6.07, 6.45) is 6.91. The highest BCUT2D eigenvalue weighted by Crippen LogP contribution is 2.39. The molecule has 1 aromatic heterocycles. The molecule has 0 bridgehead atoms. The number of anilines is 1. The Labute approximate surface area is 158 Å². The highest BCUT2D eigenvalue weighted by atomic mass is 16.2. The van der Waals surface area contributed by atoms with Crippen LogP contribution in [0.2, 0.25) is 0 Å². The highest BCUT2D eigenvalue weighted by molar-refractivity contribution is 6.08. The van der Waals surface area contributed by atoms with Gasteiger partial charge in [-0.15, -0.1) is 0 Å². The molecule has 0 unspecified atom stereocenters. The van der Waals surface area contributed by atoms with Gasteiger partial charge in [-0.25, -0.2) is 9.97 Å². The van der Waals surface area contributed by atoms with E-state index in [0.717, 1.165) is 25.7 Å². The topological polar surface area (TPSA) is 86.7 Å². The van der Waals surface area contributed by atoms with Gasteiger partial charge in [0.2, 0.25) is 23.7 Å². The Balaban J connectivity index is 1.40. The summed E-state index contributed by atoms with van der Waals surface area (Å²) in [7, 11) is 0. The molecule has 3 aliphatic rings. The van der Waals surface area contributed by atoms with Crippen LogP contribution in [0.15, 0.2) is 18.5 Å². The van der Waals surface area contributed by atoms with Crippen LogP contribution < -0.4 is 4.90 Å². The van der Waals surface area contributed by atoms with Gasteiger partial charge in [-0.1, -0.05) is 12.8 Å². The minimum absolute atomic E-state index is 0.149. The first-order chi connectivity index (χ1) is 13.1. The number of carbonyl (C=O) groups excluding carboxylic acids is 3. The van der Waals surface area contributed by atoms with Crippen molar-refractivity contribution in [3.8, 4) is 0 Å². The second kappa shape index (κ2) is 7.25. The lowest BCUT2D eigenvalue weighted by Crippen LogP contribution is -2.55. The third kappa shape index (κ3) is 3.17. The monoisotopic (exact) mass is 371 g/mol. The maximum Gasteiger partial charge on any atom is 0.245 e. The molecule has 144 valence electrons. The minimum Gasteiger partial charge on any atom is -0.337 e. The molecule has 27 heavy (non-hydrogen) atoms. The van der Waals surface area contributed by atoms with E-state index in [9.17, 15) is 14.4 Å². The zero-order valence-electron chi connectivity index (χ0n) is 15.6. The van der Waals surface area contributed by atoms with Crippen molar-refractivity contribution in [1.29, 1.82) is 0 Å². The van der Waals surface area contributed by atoms with E-state index in [1.165, 1.54) is 4.90 Å². The van der Waals surface area contributed by atoms with E-state index >= 15 is 0 Å². The van der Waals surface area contributed by atoms with Gasteiger partial charge in [-0.3, -0.25) is 19.3 Å². The molecule has 0 aromatic carbocycles. The number of nitrogens with zero attached hydrogens (tertiary/aromatic N) is 5. The summed E-state index contributed by atoms with van der Waals surface area (Å²) in [5.41, 5.74) is 0. The molecule has 8 nitrogen and oxygen atoms in total. The molecule has 3 atom stereocenters. The van der Waals surface area contributed by atoms with Crippen LogP contribution in [0.3, 0.4) is 0 Å². The molecular formula is C19H25N5O3. The summed E-state index contributed by atoms with van der Waals surface area (Å²) in [5, 5.41) is 0. The lowest BCUT2D eigenvalue weighted by Gasteiger charge is -2.37. The van der Waals surface area contributed by atoms with Crippen molar-refractivity contribution in [3.63, 3.8) is 0 Å². The number of imide groups is 1. The normalized spacial score (nSPS) is 26.9. The van der Waals surface area contributed by atoms with Gasteiger partial charge < -0.3 is 9.80 Å². The number of hydrogen-bond acceptors (Lipinski definition) is 6. The van der Waals surface area contributed by atoms with Crippen LogP contribution in [0.1, 0.15) is 32.6 Å². The van der Waals surface area contributed by atoms with Gasteiger partial charge in [0.25, 0.3) is 0 Å². The molecule has 0 spiro atoms. The van der Waals surface area contributed by atoms with Crippen LogP contribution in [0, 0.1) is 11.8 Å². The fraction of sp³-hybridized carbons (Fsp3) is 0.632. The molecule has 8 heteroatoms. The molecule has 2 saturated heterocycles. The van der Waals surface area contributed by atoms with Crippen LogP contribution in [-0.4, -0.2) is 69.7 Å². The number of aromatic nitrogens is 2. The van der Waals surface area contributed by atoms with Crippen molar-refractivity contribution in [2.75, 3.05) is 31.1 Å². The minimum atomic E-state index is -0.727. The third-order valence-electron chi connectivity index (χ3n) is 6.05. The van der Waals surface area contributed by atoms with Gasteiger partial charge >= 0.3 is 0 Å². The molecule has 2 aliphatic heterocycles. The lowest BCUT2D eigenvalue weighted by atomic mass is 9.81. The molecule has 0 N–H and O–H groups in total. The predicted molar refractivity (Wildman–Crippen MR) is 97.6 cm³/mol. The smallest absolute Gasteiger partial charge is 0.245 e. The third-order valence-corrected chi connectivity index (χ3v) is 6.05. The molecule has 3 amide bonds. The highest BCUT2D eigenvalue weighted by Gasteiger charge is 2.51. The summed E-state index contributed by atoms with van der Waals surface area (Å²) in [6.45, 7) is 4.02. The first kappa shape index (κ1) is 17.9. The van der Waals surface area contributed by atoms with E-state index in [1.54, 1.807) is 30.3 Å². The van der Waals surface area contributed by atoms with Crippen molar-refractivity contribution in [1.82, 2.24) is 19.8 Å². The van der Waals surface area contributed by atoms with Gasteiger partial charge in [0, 0.05) is 38.6 Å². The van der Waals surface area contributed by atoms with Crippen LogP contribution in [0.4, 0.5) is 5.95 Å². The van der Waals surface area contributed by atoms with Crippen molar-refractivity contribution in [3.05, 3.63) is 18.5 Å². The summed E-state index contributed by atoms with van der Waals surface area (Å²) in [4.78, 5) is 51.9. The number of carbonyl (C=O) groups is 3. The number of hydrogen-bond donors (Lipinski definition) is 0. The molecule has 1 aromatic rings. The van der Waals surface area contributed by atoms with E-state index in [-0.39, 0.29) is 29.6 Å². The zero-order chi connectivity index (χ0) is 19.0. The van der Waals surface area contributed by atoms with Gasteiger partial charge in [-0.2, -0.15) is 0 Å². The SMILES string of the molecule is C[C@H](C(=O)N1CCN(c2ncccn2)CC1)N1C(=O)[C@H]2CCCC[C@H]2C1=O. The van der Waals surface area contributed by atoms with E-state index in [0.29, 0.717) is 32.1 Å². The second-order valence-electron chi connectivity index (χ2n) is 7.58. The second-order valence-corrected chi connectivity index (χ2v) is 7.58. The molecule has 1 saturated carbocycles. The molecule has 3 heterocycles. The fourth-order valence-electron chi connectivity index (χ4n) is 4.53. The maximum atomic E-state index is 13.0. The average Bonchev–Trinajstić information content (AvgIpc) is 2.98. The van der Waals surface area contributed by atoms with Gasteiger partial charge in [0.05, 0.1) is 11.8 Å². The first-order valence-corrected chi connectivity index (χ1v) is 9.75. The number of fused-ring (bicyclic) bond motifs is 1.